The lowest BCUT2D eigenvalue weighted by molar-refractivity contribution is 0.430. The maximum atomic E-state index is 4.43. The van der Waals surface area contributed by atoms with Crippen LogP contribution >= 0.6 is 15.9 Å². The Kier molecular flexibility index (Phi) is 3.88. The Bertz CT molecular complexity index is 869. The van der Waals surface area contributed by atoms with Gasteiger partial charge < -0.3 is 5.32 Å². The van der Waals surface area contributed by atoms with Crippen molar-refractivity contribution in [1.82, 2.24) is 14.8 Å². The summed E-state index contributed by atoms with van der Waals surface area (Å²) >= 11 is 3.51. The molecule has 0 saturated carbocycles. The van der Waals surface area contributed by atoms with Gasteiger partial charge in [-0.2, -0.15) is 10.1 Å². The third-order valence-corrected chi connectivity index (χ3v) is 5.35. The third-order valence-electron chi connectivity index (χ3n) is 4.82. The molecular weight excluding hydrogens is 364 g/mol. The summed E-state index contributed by atoms with van der Waals surface area (Å²) in [4.78, 5) is 4.40. The van der Waals surface area contributed by atoms with E-state index in [2.05, 4.69) is 87.6 Å². The van der Waals surface area contributed by atoms with Crippen molar-refractivity contribution < 1.29 is 0 Å². The zero-order valence-electron chi connectivity index (χ0n) is 13.7. The van der Waals surface area contributed by atoms with Gasteiger partial charge in [0.2, 0.25) is 5.95 Å². The van der Waals surface area contributed by atoms with E-state index in [0.717, 1.165) is 16.8 Å². The van der Waals surface area contributed by atoms with Gasteiger partial charge >= 0.3 is 0 Å². The topological polar surface area (TPSA) is 42.7 Å². The molecule has 4 nitrogen and oxygen atoms in total. The summed E-state index contributed by atoms with van der Waals surface area (Å²) in [5.41, 5.74) is 5.19. The Labute approximate surface area is 150 Å². The molecule has 0 fully saturated rings. The molecule has 0 saturated heterocycles. The number of fused-ring (bicyclic) bond motifs is 1. The van der Waals surface area contributed by atoms with Crippen LogP contribution in [0.15, 0.2) is 53.3 Å². The van der Waals surface area contributed by atoms with Crippen molar-refractivity contribution in [3.63, 3.8) is 0 Å². The van der Waals surface area contributed by atoms with E-state index in [4.69, 9.17) is 0 Å². The lowest BCUT2D eigenvalue weighted by Gasteiger charge is -2.32. The Hall–Kier alpha value is -2.14. The first kappa shape index (κ1) is 15.4. The van der Waals surface area contributed by atoms with Crippen molar-refractivity contribution in [2.24, 2.45) is 0 Å². The first-order chi connectivity index (χ1) is 11.6. The maximum Gasteiger partial charge on any atom is 0.222 e. The first-order valence-electron chi connectivity index (χ1n) is 8.10. The lowest BCUT2D eigenvalue weighted by Crippen LogP contribution is -2.28. The van der Waals surface area contributed by atoms with E-state index in [1.54, 1.807) is 6.33 Å². The molecule has 0 amide bonds. The summed E-state index contributed by atoms with van der Waals surface area (Å²) in [6.07, 6.45) is 2.57. The molecule has 3 aromatic rings. The summed E-state index contributed by atoms with van der Waals surface area (Å²) in [6, 6.07) is 15.6. The van der Waals surface area contributed by atoms with Gasteiger partial charge in [-0.1, -0.05) is 46.3 Å². The van der Waals surface area contributed by atoms with Crippen LogP contribution in [0.3, 0.4) is 0 Å². The van der Waals surface area contributed by atoms with Crippen molar-refractivity contribution in [2.75, 3.05) is 5.32 Å². The van der Waals surface area contributed by atoms with Crippen molar-refractivity contribution in [3.05, 3.63) is 75.5 Å². The van der Waals surface area contributed by atoms with Crippen molar-refractivity contribution in [3.8, 4) is 0 Å². The molecular formula is C19H19BrN4. The van der Waals surface area contributed by atoms with Crippen molar-refractivity contribution >= 4 is 21.9 Å². The minimum Gasteiger partial charge on any atom is -0.348 e. The van der Waals surface area contributed by atoms with Gasteiger partial charge in [-0.15, -0.1) is 0 Å². The molecule has 1 aliphatic heterocycles. The molecule has 24 heavy (non-hydrogen) atoms. The highest BCUT2D eigenvalue weighted by atomic mass is 79.9. The summed E-state index contributed by atoms with van der Waals surface area (Å²) in [6.45, 7) is 4.31. The molecule has 0 aliphatic carbocycles. The maximum absolute atomic E-state index is 4.43. The molecule has 122 valence electrons. The second-order valence-electron chi connectivity index (χ2n) is 6.37. The Morgan fingerprint density at radius 1 is 1.04 bits per heavy atom. The number of aromatic nitrogens is 3. The molecule has 0 spiro atoms. The number of halogens is 1. The second kappa shape index (κ2) is 6.06. The predicted octanol–water partition coefficient (Wildman–Crippen LogP) is 4.80. The molecule has 1 aliphatic rings. The second-order valence-corrected chi connectivity index (χ2v) is 7.29. The van der Waals surface area contributed by atoms with E-state index in [1.165, 1.54) is 22.3 Å². The molecule has 1 N–H and O–H groups in total. The fourth-order valence-corrected chi connectivity index (χ4v) is 3.55. The van der Waals surface area contributed by atoms with Gasteiger partial charge in [0, 0.05) is 4.47 Å². The van der Waals surface area contributed by atoms with E-state index in [1.807, 2.05) is 4.68 Å². The van der Waals surface area contributed by atoms with Crippen LogP contribution in [0.4, 0.5) is 5.95 Å². The van der Waals surface area contributed by atoms with Crippen LogP contribution in [-0.4, -0.2) is 14.8 Å². The minimum atomic E-state index is 0.184. The standard InChI is InChI=1S/C19H19BrN4/c1-12-3-4-15(9-13(12)2)17-10-18(14-5-7-16(20)8-6-14)24-19(23-17)21-11-22-24/h3-9,11,17-18H,10H2,1-2H3,(H,21,22,23). The van der Waals surface area contributed by atoms with E-state index < -0.39 is 0 Å². The summed E-state index contributed by atoms with van der Waals surface area (Å²) < 4.78 is 3.07. The Morgan fingerprint density at radius 3 is 2.54 bits per heavy atom. The van der Waals surface area contributed by atoms with Gasteiger partial charge in [-0.05, 0) is 54.7 Å². The fourth-order valence-electron chi connectivity index (χ4n) is 3.28. The Morgan fingerprint density at radius 2 is 1.79 bits per heavy atom. The smallest absolute Gasteiger partial charge is 0.222 e. The van der Waals surface area contributed by atoms with Crippen LogP contribution in [0.25, 0.3) is 0 Å². The predicted molar refractivity (Wildman–Crippen MR) is 99.2 cm³/mol. The minimum absolute atomic E-state index is 0.184. The molecule has 2 atom stereocenters. The molecule has 1 aromatic heterocycles. The van der Waals surface area contributed by atoms with Crippen LogP contribution in [0.2, 0.25) is 0 Å². The van der Waals surface area contributed by atoms with Crippen LogP contribution < -0.4 is 5.32 Å². The number of hydrogen-bond donors (Lipinski definition) is 1. The SMILES string of the molecule is Cc1ccc(C2CC(c3ccc(Br)cc3)n3ncnc3N2)cc1C. The highest BCUT2D eigenvalue weighted by Gasteiger charge is 2.29. The van der Waals surface area contributed by atoms with Crippen molar-refractivity contribution in [2.45, 2.75) is 32.4 Å². The highest BCUT2D eigenvalue weighted by Crippen LogP contribution is 2.37. The van der Waals surface area contributed by atoms with E-state index >= 15 is 0 Å². The number of nitrogens with zero attached hydrogens (tertiary/aromatic N) is 3. The Balaban J connectivity index is 1.72. The van der Waals surface area contributed by atoms with E-state index in [9.17, 15) is 0 Å². The van der Waals surface area contributed by atoms with Gasteiger partial charge in [-0.3, -0.25) is 0 Å². The number of benzene rings is 2. The lowest BCUT2D eigenvalue weighted by atomic mass is 9.92. The van der Waals surface area contributed by atoms with Gasteiger partial charge in [0.25, 0.3) is 0 Å². The average molecular weight is 383 g/mol. The third kappa shape index (κ3) is 2.73. The zero-order chi connectivity index (χ0) is 16.7. The van der Waals surface area contributed by atoms with Crippen LogP contribution in [-0.2, 0) is 0 Å². The number of aryl methyl sites for hydroxylation is 2. The number of nitrogens with one attached hydrogen (secondary N) is 1. The summed E-state index contributed by atoms with van der Waals surface area (Å²) in [5.74, 6) is 0.831. The van der Waals surface area contributed by atoms with E-state index in [-0.39, 0.29) is 12.1 Å². The average Bonchev–Trinajstić information content (AvgIpc) is 3.06. The number of hydrogen-bond acceptors (Lipinski definition) is 3. The summed E-state index contributed by atoms with van der Waals surface area (Å²) in [7, 11) is 0. The first-order valence-corrected chi connectivity index (χ1v) is 8.90. The monoisotopic (exact) mass is 382 g/mol. The zero-order valence-corrected chi connectivity index (χ0v) is 15.3. The molecule has 5 heteroatoms. The van der Waals surface area contributed by atoms with Crippen LogP contribution in [0.1, 0.15) is 40.8 Å². The van der Waals surface area contributed by atoms with Gasteiger partial charge in [0.05, 0.1) is 12.1 Å². The molecule has 0 radical (unpaired) electrons. The fraction of sp³-hybridized carbons (Fsp3) is 0.263. The highest BCUT2D eigenvalue weighted by molar-refractivity contribution is 9.10. The largest absolute Gasteiger partial charge is 0.348 e. The van der Waals surface area contributed by atoms with Gasteiger partial charge in [-0.25, -0.2) is 4.68 Å². The van der Waals surface area contributed by atoms with Gasteiger partial charge in [0.1, 0.15) is 6.33 Å². The molecule has 2 heterocycles. The van der Waals surface area contributed by atoms with Gasteiger partial charge in [0.15, 0.2) is 0 Å². The normalized spacial score (nSPS) is 19.6. The molecule has 2 unspecified atom stereocenters. The number of rotatable bonds is 2. The molecule has 4 rings (SSSR count). The van der Waals surface area contributed by atoms with Crippen molar-refractivity contribution in [1.29, 1.82) is 0 Å². The van der Waals surface area contributed by atoms with Crippen LogP contribution in [0, 0.1) is 13.8 Å². The summed E-state index contributed by atoms with van der Waals surface area (Å²) in [5, 5.41) is 7.96. The van der Waals surface area contributed by atoms with E-state index in [0.29, 0.717) is 0 Å². The molecule has 2 aromatic carbocycles. The quantitative estimate of drug-likeness (QED) is 0.691. The van der Waals surface area contributed by atoms with Crippen LogP contribution in [0.5, 0.6) is 0 Å². The number of anilines is 1. The molecule has 0 bridgehead atoms.